The van der Waals surface area contributed by atoms with Crippen LogP contribution in [0.4, 0.5) is 14.6 Å². The number of carboxylic acids is 1. The van der Waals surface area contributed by atoms with Gasteiger partial charge in [-0.1, -0.05) is 11.6 Å². The third-order valence-corrected chi connectivity index (χ3v) is 3.67. The summed E-state index contributed by atoms with van der Waals surface area (Å²) in [4.78, 5) is 14.9. The lowest BCUT2D eigenvalue weighted by Crippen LogP contribution is -2.24. The lowest BCUT2D eigenvalue weighted by atomic mass is 9.84. The van der Waals surface area contributed by atoms with Gasteiger partial charge in [-0.3, -0.25) is 0 Å². The number of carbonyl (C=O) groups is 1. The van der Waals surface area contributed by atoms with Gasteiger partial charge in [-0.05, 0) is 18.9 Å². The lowest BCUT2D eigenvalue weighted by molar-refractivity contribution is -0.0384. The number of rotatable bonds is 2. The highest BCUT2D eigenvalue weighted by Gasteiger charge is 2.36. The summed E-state index contributed by atoms with van der Waals surface area (Å²) in [7, 11) is 0. The summed E-state index contributed by atoms with van der Waals surface area (Å²) in [5.41, 5.74) is 5.80. The van der Waals surface area contributed by atoms with E-state index in [2.05, 4.69) is 4.98 Å². The molecular weight excluding hydrogens is 278 g/mol. The van der Waals surface area contributed by atoms with Crippen molar-refractivity contribution in [3.05, 3.63) is 22.3 Å². The summed E-state index contributed by atoms with van der Waals surface area (Å²) in [6, 6.07) is 1.41. The summed E-state index contributed by atoms with van der Waals surface area (Å²) in [6.45, 7) is 0. The molecule has 1 saturated carbocycles. The van der Waals surface area contributed by atoms with Crippen LogP contribution in [0.1, 0.15) is 47.7 Å². The molecule has 0 saturated heterocycles. The van der Waals surface area contributed by atoms with E-state index in [-0.39, 0.29) is 35.2 Å². The maximum atomic E-state index is 13.1. The van der Waals surface area contributed by atoms with Crippen LogP contribution in [0.5, 0.6) is 0 Å². The molecule has 1 aromatic heterocycles. The summed E-state index contributed by atoms with van der Waals surface area (Å²) in [5.74, 6) is -4.20. The predicted molar refractivity (Wildman–Crippen MR) is 66.8 cm³/mol. The number of alkyl halides is 2. The smallest absolute Gasteiger partial charge is 0.340 e. The average Bonchev–Trinajstić information content (AvgIpc) is 2.27. The number of nitrogen functional groups attached to an aromatic ring is 1. The van der Waals surface area contributed by atoms with Crippen LogP contribution in [0.3, 0.4) is 0 Å². The monoisotopic (exact) mass is 290 g/mol. The zero-order valence-electron chi connectivity index (χ0n) is 10.00. The zero-order chi connectivity index (χ0) is 14.2. The molecule has 104 valence electrons. The Morgan fingerprint density at radius 3 is 2.53 bits per heavy atom. The molecule has 0 bridgehead atoms. The third-order valence-electron chi connectivity index (χ3n) is 3.37. The van der Waals surface area contributed by atoms with E-state index in [1.165, 1.54) is 6.07 Å². The fraction of sp³-hybridized carbons (Fsp3) is 0.500. The van der Waals surface area contributed by atoms with E-state index in [1.54, 1.807) is 0 Å². The fourth-order valence-electron chi connectivity index (χ4n) is 2.31. The van der Waals surface area contributed by atoms with Gasteiger partial charge in [0.1, 0.15) is 11.4 Å². The number of pyridine rings is 1. The molecule has 1 fully saturated rings. The summed E-state index contributed by atoms with van der Waals surface area (Å²) < 4.78 is 26.1. The van der Waals surface area contributed by atoms with E-state index in [0.717, 1.165) is 0 Å². The maximum absolute atomic E-state index is 13.1. The minimum atomic E-state index is -2.62. The number of carboxylic acid groups (broad SMARTS) is 1. The number of aromatic nitrogens is 1. The van der Waals surface area contributed by atoms with Crippen LogP contribution in [-0.2, 0) is 0 Å². The second-order valence-electron chi connectivity index (χ2n) is 4.72. The second-order valence-corrected chi connectivity index (χ2v) is 5.13. The van der Waals surface area contributed by atoms with Gasteiger partial charge in [-0.15, -0.1) is 0 Å². The molecule has 4 nitrogen and oxygen atoms in total. The van der Waals surface area contributed by atoms with Gasteiger partial charge in [-0.25, -0.2) is 18.6 Å². The number of halogens is 3. The summed E-state index contributed by atoms with van der Waals surface area (Å²) in [6.07, 6.45) is 0.194. The molecule has 1 heterocycles. The van der Waals surface area contributed by atoms with Gasteiger partial charge < -0.3 is 10.8 Å². The molecule has 0 aliphatic heterocycles. The van der Waals surface area contributed by atoms with Gasteiger partial charge in [0.15, 0.2) is 0 Å². The van der Waals surface area contributed by atoms with Crippen LogP contribution < -0.4 is 5.73 Å². The van der Waals surface area contributed by atoms with Crippen LogP contribution in [0.15, 0.2) is 6.07 Å². The SMILES string of the molecule is Nc1nc(C2CCC(F)(F)CC2)cc(Cl)c1C(=O)O. The molecule has 3 N–H and O–H groups in total. The topological polar surface area (TPSA) is 76.2 Å². The molecule has 0 spiro atoms. The van der Waals surface area contributed by atoms with Crippen molar-refractivity contribution in [1.29, 1.82) is 0 Å². The number of hydrogen-bond donors (Lipinski definition) is 2. The molecule has 1 aromatic rings. The van der Waals surface area contributed by atoms with Gasteiger partial charge in [0.2, 0.25) is 5.92 Å². The van der Waals surface area contributed by atoms with Crippen LogP contribution in [0.25, 0.3) is 0 Å². The quantitative estimate of drug-likeness (QED) is 0.876. The number of hydrogen-bond acceptors (Lipinski definition) is 3. The maximum Gasteiger partial charge on any atom is 0.340 e. The number of aromatic carboxylic acids is 1. The molecule has 1 aliphatic carbocycles. The van der Waals surface area contributed by atoms with Crippen molar-refractivity contribution in [3.63, 3.8) is 0 Å². The van der Waals surface area contributed by atoms with Gasteiger partial charge in [-0.2, -0.15) is 0 Å². The molecule has 0 aromatic carbocycles. The molecule has 1 aliphatic rings. The Bertz CT molecular complexity index is 489. The predicted octanol–water partition coefficient (Wildman–Crippen LogP) is 3.31. The van der Waals surface area contributed by atoms with E-state index < -0.39 is 11.9 Å². The van der Waals surface area contributed by atoms with Crippen molar-refractivity contribution in [1.82, 2.24) is 4.98 Å². The molecule has 0 atom stereocenters. The minimum absolute atomic E-state index is 0.00710. The number of nitrogens with zero attached hydrogens (tertiary/aromatic N) is 1. The standard InChI is InChI=1S/C12H13ClF2N2O2/c13-7-5-8(17-10(16)9(7)11(18)19)6-1-3-12(14,15)4-2-6/h5-6H,1-4H2,(H2,16,17)(H,18,19). The Morgan fingerprint density at radius 1 is 1.47 bits per heavy atom. The Hall–Kier alpha value is -1.43. The minimum Gasteiger partial charge on any atom is -0.478 e. The molecule has 19 heavy (non-hydrogen) atoms. The molecular formula is C12H13ClF2N2O2. The van der Waals surface area contributed by atoms with Crippen molar-refractivity contribution in [2.45, 2.75) is 37.5 Å². The van der Waals surface area contributed by atoms with Crippen molar-refractivity contribution < 1.29 is 18.7 Å². The first-order valence-corrected chi connectivity index (χ1v) is 6.25. The summed E-state index contributed by atoms with van der Waals surface area (Å²) >= 11 is 5.86. The van der Waals surface area contributed by atoms with Crippen molar-refractivity contribution >= 4 is 23.4 Å². The molecule has 2 rings (SSSR count). The van der Waals surface area contributed by atoms with Crippen LogP contribution in [0, 0.1) is 0 Å². The lowest BCUT2D eigenvalue weighted by Gasteiger charge is -2.28. The zero-order valence-corrected chi connectivity index (χ0v) is 10.8. The van der Waals surface area contributed by atoms with Crippen molar-refractivity contribution in [3.8, 4) is 0 Å². The molecule has 7 heteroatoms. The summed E-state index contributed by atoms with van der Waals surface area (Å²) in [5, 5.41) is 8.91. The Labute approximate surface area is 113 Å². The largest absolute Gasteiger partial charge is 0.478 e. The van der Waals surface area contributed by atoms with E-state index in [4.69, 9.17) is 22.4 Å². The first-order chi connectivity index (χ1) is 8.80. The van der Waals surface area contributed by atoms with Crippen LogP contribution in [-0.4, -0.2) is 22.0 Å². The average molecular weight is 291 g/mol. The van der Waals surface area contributed by atoms with Gasteiger partial charge >= 0.3 is 5.97 Å². The van der Waals surface area contributed by atoms with E-state index >= 15 is 0 Å². The third kappa shape index (κ3) is 2.94. The van der Waals surface area contributed by atoms with Crippen molar-refractivity contribution in [2.24, 2.45) is 0 Å². The first-order valence-electron chi connectivity index (χ1n) is 5.87. The fourth-order valence-corrected chi connectivity index (χ4v) is 2.60. The highest BCUT2D eigenvalue weighted by molar-refractivity contribution is 6.34. The number of anilines is 1. The van der Waals surface area contributed by atoms with Gasteiger partial charge in [0.25, 0.3) is 0 Å². The Morgan fingerprint density at radius 2 is 2.05 bits per heavy atom. The van der Waals surface area contributed by atoms with Crippen molar-refractivity contribution in [2.75, 3.05) is 5.73 Å². The molecule has 0 amide bonds. The highest BCUT2D eigenvalue weighted by atomic mass is 35.5. The normalized spacial score (nSPS) is 19.3. The molecule has 0 radical (unpaired) electrons. The highest BCUT2D eigenvalue weighted by Crippen LogP contribution is 2.41. The van der Waals surface area contributed by atoms with Crippen LogP contribution in [0.2, 0.25) is 5.02 Å². The Balaban J connectivity index is 2.26. The number of nitrogens with two attached hydrogens (primary N) is 1. The second kappa shape index (κ2) is 4.92. The van der Waals surface area contributed by atoms with Gasteiger partial charge in [0, 0.05) is 24.5 Å². The van der Waals surface area contributed by atoms with E-state index in [1.807, 2.05) is 0 Å². The molecule has 0 unspecified atom stereocenters. The van der Waals surface area contributed by atoms with E-state index in [9.17, 15) is 13.6 Å². The van der Waals surface area contributed by atoms with Crippen LogP contribution >= 0.6 is 11.6 Å². The first kappa shape index (κ1) is 14.0. The van der Waals surface area contributed by atoms with E-state index in [0.29, 0.717) is 18.5 Å². The Kier molecular flexibility index (Phi) is 3.62. The van der Waals surface area contributed by atoms with Gasteiger partial charge in [0.05, 0.1) is 5.02 Å².